The SMILES string of the molecule is C=CCNCc1ccc(-c2cccc(C(F)(F)F)c2)o1.[Cl-]. The van der Waals surface area contributed by atoms with Crippen molar-refractivity contribution in [3.8, 4) is 11.3 Å². The Morgan fingerprint density at radius 2 is 1.95 bits per heavy atom. The van der Waals surface area contributed by atoms with Crippen molar-refractivity contribution < 1.29 is 30.0 Å². The monoisotopic (exact) mass is 316 g/mol. The molecule has 0 spiro atoms. The second kappa shape index (κ2) is 7.33. The zero-order chi connectivity index (χ0) is 14.6. The van der Waals surface area contributed by atoms with E-state index < -0.39 is 11.7 Å². The van der Waals surface area contributed by atoms with Gasteiger partial charge in [-0.2, -0.15) is 13.2 Å². The largest absolute Gasteiger partial charge is 1.00 e. The fraction of sp³-hybridized carbons (Fsp3) is 0.200. The fourth-order valence-electron chi connectivity index (χ4n) is 1.77. The Labute approximate surface area is 127 Å². The summed E-state index contributed by atoms with van der Waals surface area (Å²) in [5.74, 6) is 1.09. The third kappa shape index (κ3) is 4.65. The van der Waals surface area contributed by atoms with Crippen molar-refractivity contribution in [2.24, 2.45) is 0 Å². The molecule has 0 bridgehead atoms. The van der Waals surface area contributed by atoms with Crippen molar-refractivity contribution in [1.29, 1.82) is 0 Å². The van der Waals surface area contributed by atoms with Gasteiger partial charge in [-0.05, 0) is 24.3 Å². The topological polar surface area (TPSA) is 25.2 Å². The standard InChI is InChI=1S/C15H14F3NO.ClH/c1-2-8-19-10-13-6-7-14(20-13)11-4-3-5-12(9-11)15(16,17)18;/h2-7,9,19H,1,8,10H2;1H/p-1. The molecule has 21 heavy (non-hydrogen) atoms. The molecule has 0 fully saturated rings. The number of halogens is 4. The van der Waals surface area contributed by atoms with Crippen molar-refractivity contribution in [2.75, 3.05) is 6.54 Å². The average molecular weight is 317 g/mol. The summed E-state index contributed by atoms with van der Waals surface area (Å²) in [6.07, 6.45) is -2.63. The van der Waals surface area contributed by atoms with Gasteiger partial charge in [-0.1, -0.05) is 18.2 Å². The van der Waals surface area contributed by atoms with Gasteiger partial charge in [0.1, 0.15) is 11.5 Å². The molecule has 0 saturated carbocycles. The predicted molar refractivity (Wildman–Crippen MR) is 71.0 cm³/mol. The van der Waals surface area contributed by atoms with Crippen molar-refractivity contribution >= 4 is 0 Å². The molecule has 2 rings (SSSR count). The van der Waals surface area contributed by atoms with Crippen LogP contribution >= 0.6 is 0 Å². The number of benzene rings is 1. The molecule has 0 aliphatic rings. The summed E-state index contributed by atoms with van der Waals surface area (Å²) in [4.78, 5) is 0. The Morgan fingerprint density at radius 3 is 2.62 bits per heavy atom. The lowest BCUT2D eigenvalue weighted by Gasteiger charge is -2.07. The van der Waals surface area contributed by atoms with Gasteiger partial charge in [-0.25, -0.2) is 0 Å². The van der Waals surface area contributed by atoms with E-state index in [1.165, 1.54) is 6.07 Å². The lowest BCUT2D eigenvalue weighted by Crippen LogP contribution is -3.00. The lowest BCUT2D eigenvalue weighted by atomic mass is 10.1. The van der Waals surface area contributed by atoms with Crippen molar-refractivity contribution in [3.63, 3.8) is 0 Å². The Bertz CT molecular complexity index is 593. The second-order valence-corrected chi connectivity index (χ2v) is 4.26. The summed E-state index contributed by atoms with van der Waals surface area (Å²) >= 11 is 0. The van der Waals surface area contributed by atoms with E-state index in [1.807, 2.05) is 0 Å². The molecule has 1 aromatic heterocycles. The summed E-state index contributed by atoms with van der Waals surface area (Å²) in [5.41, 5.74) is -0.271. The zero-order valence-corrected chi connectivity index (χ0v) is 11.8. The minimum absolute atomic E-state index is 0. The fourth-order valence-corrected chi connectivity index (χ4v) is 1.77. The number of hydrogen-bond acceptors (Lipinski definition) is 2. The van der Waals surface area contributed by atoms with Gasteiger partial charge in [-0.3, -0.25) is 0 Å². The second-order valence-electron chi connectivity index (χ2n) is 4.26. The summed E-state index contributed by atoms with van der Waals surface area (Å²) in [6, 6.07) is 8.50. The van der Waals surface area contributed by atoms with E-state index in [0.717, 1.165) is 12.1 Å². The predicted octanol–water partition coefficient (Wildman–Crippen LogP) is 1.25. The van der Waals surface area contributed by atoms with Crippen molar-refractivity contribution in [1.82, 2.24) is 5.32 Å². The molecule has 1 N–H and O–H groups in total. The van der Waals surface area contributed by atoms with Crippen LogP contribution < -0.4 is 17.7 Å². The van der Waals surface area contributed by atoms with E-state index in [2.05, 4.69) is 11.9 Å². The van der Waals surface area contributed by atoms with Crippen LogP contribution in [0.4, 0.5) is 13.2 Å². The number of hydrogen-bond donors (Lipinski definition) is 1. The quantitative estimate of drug-likeness (QED) is 0.663. The van der Waals surface area contributed by atoms with Gasteiger partial charge in [0.05, 0.1) is 12.1 Å². The molecule has 6 heteroatoms. The molecule has 0 radical (unpaired) electrons. The third-order valence-electron chi connectivity index (χ3n) is 2.72. The molecule has 1 aromatic carbocycles. The summed E-state index contributed by atoms with van der Waals surface area (Å²) in [6.45, 7) is 4.72. The first-order chi connectivity index (χ1) is 9.50. The molecule has 1 heterocycles. The van der Waals surface area contributed by atoms with E-state index in [4.69, 9.17) is 4.42 Å². The smallest absolute Gasteiger partial charge is 0.416 e. The molecule has 0 aliphatic heterocycles. The highest BCUT2D eigenvalue weighted by Gasteiger charge is 2.30. The van der Waals surface area contributed by atoms with Crippen LogP contribution in [0.3, 0.4) is 0 Å². The molecule has 0 atom stereocenters. The molecular weight excluding hydrogens is 303 g/mol. The average Bonchev–Trinajstić information content (AvgIpc) is 2.87. The summed E-state index contributed by atoms with van der Waals surface area (Å²) in [5, 5.41) is 3.06. The van der Waals surface area contributed by atoms with Crippen LogP contribution in [0.2, 0.25) is 0 Å². The van der Waals surface area contributed by atoms with Crippen LogP contribution in [0.1, 0.15) is 11.3 Å². The number of nitrogens with one attached hydrogen (secondary N) is 1. The van der Waals surface area contributed by atoms with E-state index in [-0.39, 0.29) is 12.4 Å². The normalized spacial score (nSPS) is 11.0. The van der Waals surface area contributed by atoms with Gasteiger partial charge in [-0.15, -0.1) is 6.58 Å². The summed E-state index contributed by atoms with van der Waals surface area (Å²) < 4.78 is 43.5. The van der Waals surface area contributed by atoms with Crippen LogP contribution in [0.5, 0.6) is 0 Å². The van der Waals surface area contributed by atoms with Crippen LogP contribution in [-0.2, 0) is 12.7 Å². The highest BCUT2D eigenvalue weighted by molar-refractivity contribution is 5.58. The first kappa shape index (κ1) is 17.3. The zero-order valence-electron chi connectivity index (χ0n) is 11.1. The minimum atomic E-state index is -4.35. The van der Waals surface area contributed by atoms with Gasteiger partial charge >= 0.3 is 6.18 Å². The number of furan rings is 1. The minimum Gasteiger partial charge on any atom is -1.00 e. The summed E-state index contributed by atoms with van der Waals surface area (Å²) in [7, 11) is 0. The van der Waals surface area contributed by atoms with E-state index in [9.17, 15) is 13.2 Å². The Kier molecular flexibility index (Phi) is 6.05. The maximum absolute atomic E-state index is 12.6. The van der Waals surface area contributed by atoms with Crippen molar-refractivity contribution in [3.05, 3.63) is 60.4 Å². The van der Waals surface area contributed by atoms with E-state index >= 15 is 0 Å². The third-order valence-corrected chi connectivity index (χ3v) is 2.72. The Hall–Kier alpha value is -1.72. The first-order valence-corrected chi connectivity index (χ1v) is 6.08. The van der Waals surface area contributed by atoms with Crippen LogP contribution in [-0.4, -0.2) is 6.54 Å². The van der Waals surface area contributed by atoms with Crippen LogP contribution in [0.25, 0.3) is 11.3 Å². The molecule has 0 saturated heterocycles. The molecule has 114 valence electrons. The van der Waals surface area contributed by atoms with Gasteiger partial charge in [0.2, 0.25) is 0 Å². The highest BCUT2D eigenvalue weighted by Crippen LogP contribution is 2.32. The van der Waals surface area contributed by atoms with E-state index in [1.54, 1.807) is 24.3 Å². The molecular formula is C15H14ClF3NO-. The molecule has 2 nitrogen and oxygen atoms in total. The van der Waals surface area contributed by atoms with Gasteiger partial charge < -0.3 is 22.1 Å². The Balaban J connectivity index is 0.00000220. The van der Waals surface area contributed by atoms with E-state index in [0.29, 0.717) is 30.2 Å². The maximum atomic E-state index is 12.6. The lowest BCUT2D eigenvalue weighted by molar-refractivity contribution is -0.137. The highest BCUT2D eigenvalue weighted by atomic mass is 35.5. The Morgan fingerprint density at radius 1 is 1.19 bits per heavy atom. The molecule has 2 aromatic rings. The molecule has 0 amide bonds. The van der Waals surface area contributed by atoms with Gasteiger partial charge in [0.25, 0.3) is 0 Å². The first-order valence-electron chi connectivity index (χ1n) is 6.08. The van der Waals surface area contributed by atoms with Gasteiger partial charge in [0, 0.05) is 12.1 Å². The van der Waals surface area contributed by atoms with Gasteiger partial charge in [0.15, 0.2) is 0 Å². The maximum Gasteiger partial charge on any atom is 0.416 e. The van der Waals surface area contributed by atoms with Crippen LogP contribution in [0, 0.1) is 0 Å². The molecule has 0 aliphatic carbocycles. The molecule has 0 unspecified atom stereocenters. The number of rotatable bonds is 5. The number of alkyl halides is 3. The van der Waals surface area contributed by atoms with Crippen LogP contribution in [0.15, 0.2) is 53.5 Å². The van der Waals surface area contributed by atoms with Crippen molar-refractivity contribution in [2.45, 2.75) is 12.7 Å².